The van der Waals surface area contributed by atoms with E-state index in [1.54, 1.807) is 25.3 Å². The number of benzene rings is 1. The molecule has 1 aliphatic rings. The molecule has 0 saturated carbocycles. The standard InChI is InChI=1S/C24H20F3N5OS/c1-15-21(18-9-17(12-28)22(30-13-18)32-5-7-34-8-6-32)11-20(14-29-15)31-23(33)16-3-2-4-19(10-16)24(25,26)27/h2-4,9-11,13-14H,5-8H2,1H3,(H,31,33). The molecule has 3 heterocycles. The first-order valence-electron chi connectivity index (χ1n) is 10.4. The molecule has 6 nitrogen and oxygen atoms in total. The molecular formula is C24H20F3N5OS. The predicted octanol–water partition coefficient (Wildman–Crippen LogP) is 5.15. The molecule has 0 unspecified atom stereocenters. The smallest absolute Gasteiger partial charge is 0.354 e. The highest BCUT2D eigenvalue weighted by atomic mass is 32.2. The van der Waals surface area contributed by atoms with Gasteiger partial charge < -0.3 is 10.2 Å². The zero-order valence-electron chi connectivity index (χ0n) is 18.2. The van der Waals surface area contributed by atoms with E-state index in [0.29, 0.717) is 33.9 Å². The minimum Gasteiger partial charge on any atom is -0.354 e. The molecule has 4 rings (SSSR count). The lowest BCUT2D eigenvalue weighted by Crippen LogP contribution is -2.33. The normalized spacial score (nSPS) is 13.9. The summed E-state index contributed by atoms with van der Waals surface area (Å²) in [6.07, 6.45) is -1.44. The summed E-state index contributed by atoms with van der Waals surface area (Å²) in [6.45, 7) is 3.43. The average molecular weight is 484 g/mol. The van der Waals surface area contributed by atoms with Crippen LogP contribution >= 0.6 is 11.8 Å². The molecule has 1 aliphatic heterocycles. The fraction of sp³-hybridized carbons (Fsp3) is 0.250. The summed E-state index contributed by atoms with van der Waals surface area (Å²) in [7, 11) is 0. The van der Waals surface area contributed by atoms with Gasteiger partial charge in [-0.05, 0) is 37.3 Å². The van der Waals surface area contributed by atoms with Gasteiger partial charge in [0, 0.05) is 53.2 Å². The summed E-state index contributed by atoms with van der Waals surface area (Å²) in [5, 5.41) is 12.3. The van der Waals surface area contributed by atoms with Crippen LogP contribution < -0.4 is 10.2 Å². The molecule has 3 aromatic rings. The van der Waals surface area contributed by atoms with Gasteiger partial charge in [0.05, 0.1) is 23.0 Å². The van der Waals surface area contributed by atoms with Crippen LogP contribution in [0, 0.1) is 18.3 Å². The van der Waals surface area contributed by atoms with Crippen molar-refractivity contribution in [3.8, 4) is 17.2 Å². The van der Waals surface area contributed by atoms with Gasteiger partial charge in [-0.15, -0.1) is 0 Å². The molecule has 10 heteroatoms. The second-order valence-electron chi connectivity index (χ2n) is 7.70. The first kappa shape index (κ1) is 23.6. The van der Waals surface area contributed by atoms with Crippen LogP contribution in [0.15, 0.2) is 48.8 Å². The van der Waals surface area contributed by atoms with Crippen molar-refractivity contribution in [2.45, 2.75) is 13.1 Å². The van der Waals surface area contributed by atoms with Crippen LogP contribution in [-0.4, -0.2) is 40.5 Å². The number of hydrogen-bond donors (Lipinski definition) is 1. The van der Waals surface area contributed by atoms with E-state index in [1.807, 2.05) is 11.8 Å². The molecule has 1 amide bonds. The number of alkyl halides is 3. The van der Waals surface area contributed by atoms with Gasteiger partial charge in [-0.25, -0.2) is 4.98 Å². The topological polar surface area (TPSA) is 81.9 Å². The minimum atomic E-state index is -4.54. The van der Waals surface area contributed by atoms with E-state index < -0.39 is 17.6 Å². The van der Waals surface area contributed by atoms with Gasteiger partial charge in [0.2, 0.25) is 0 Å². The average Bonchev–Trinajstić information content (AvgIpc) is 2.85. The van der Waals surface area contributed by atoms with Crippen molar-refractivity contribution < 1.29 is 18.0 Å². The highest BCUT2D eigenvalue weighted by Crippen LogP contribution is 2.31. The number of anilines is 2. The Morgan fingerprint density at radius 2 is 1.91 bits per heavy atom. The Hall–Kier alpha value is -3.58. The molecule has 0 aliphatic carbocycles. The number of carbonyl (C=O) groups is 1. The van der Waals surface area contributed by atoms with Crippen molar-refractivity contribution in [2.75, 3.05) is 34.8 Å². The molecule has 0 spiro atoms. The highest BCUT2D eigenvalue weighted by Gasteiger charge is 2.31. The zero-order chi connectivity index (χ0) is 24.3. The van der Waals surface area contributed by atoms with E-state index in [0.717, 1.165) is 36.7 Å². The lowest BCUT2D eigenvalue weighted by Gasteiger charge is -2.28. The van der Waals surface area contributed by atoms with Crippen molar-refractivity contribution >= 4 is 29.2 Å². The molecule has 1 N–H and O–H groups in total. The maximum atomic E-state index is 13.0. The lowest BCUT2D eigenvalue weighted by molar-refractivity contribution is -0.137. The number of aromatic nitrogens is 2. The summed E-state index contributed by atoms with van der Waals surface area (Å²) < 4.78 is 38.9. The first-order chi connectivity index (χ1) is 16.3. The van der Waals surface area contributed by atoms with E-state index in [1.165, 1.54) is 18.3 Å². The largest absolute Gasteiger partial charge is 0.416 e. The molecule has 174 valence electrons. The monoisotopic (exact) mass is 483 g/mol. The molecule has 0 radical (unpaired) electrons. The third-order valence-corrected chi connectivity index (χ3v) is 6.35. The number of hydrogen-bond acceptors (Lipinski definition) is 6. The fourth-order valence-corrected chi connectivity index (χ4v) is 4.55. The Balaban J connectivity index is 1.60. The summed E-state index contributed by atoms with van der Waals surface area (Å²) in [5.74, 6) is 1.92. The number of amides is 1. The molecule has 2 aromatic heterocycles. The second-order valence-corrected chi connectivity index (χ2v) is 8.92. The Morgan fingerprint density at radius 1 is 1.15 bits per heavy atom. The SMILES string of the molecule is Cc1ncc(NC(=O)c2cccc(C(F)(F)F)c2)cc1-c1cnc(N2CCSCC2)c(C#N)c1. The Morgan fingerprint density at radius 3 is 2.62 bits per heavy atom. The first-order valence-corrected chi connectivity index (χ1v) is 11.6. The molecule has 1 saturated heterocycles. The van der Waals surface area contributed by atoms with E-state index >= 15 is 0 Å². The van der Waals surface area contributed by atoms with E-state index in [4.69, 9.17) is 0 Å². The van der Waals surface area contributed by atoms with Crippen LogP contribution in [0.25, 0.3) is 11.1 Å². The van der Waals surface area contributed by atoms with Crippen LogP contribution in [0.1, 0.15) is 27.2 Å². The molecule has 34 heavy (non-hydrogen) atoms. The number of nitriles is 1. The van der Waals surface area contributed by atoms with E-state index in [2.05, 4.69) is 26.3 Å². The van der Waals surface area contributed by atoms with Crippen molar-refractivity contribution in [3.63, 3.8) is 0 Å². The van der Waals surface area contributed by atoms with Crippen molar-refractivity contribution in [2.24, 2.45) is 0 Å². The van der Waals surface area contributed by atoms with Gasteiger partial charge in [-0.1, -0.05) is 6.07 Å². The second kappa shape index (κ2) is 9.73. The van der Waals surface area contributed by atoms with Crippen LogP contribution in [0.5, 0.6) is 0 Å². The van der Waals surface area contributed by atoms with Gasteiger partial charge in [0.15, 0.2) is 0 Å². The summed E-state index contributed by atoms with van der Waals surface area (Å²) >= 11 is 1.86. The number of nitrogens with zero attached hydrogens (tertiary/aromatic N) is 4. The summed E-state index contributed by atoms with van der Waals surface area (Å²) in [4.78, 5) is 23.5. The Labute approximate surface area is 198 Å². The number of nitrogens with one attached hydrogen (secondary N) is 1. The van der Waals surface area contributed by atoms with Gasteiger partial charge in [0.1, 0.15) is 11.9 Å². The van der Waals surface area contributed by atoms with Crippen molar-refractivity contribution in [3.05, 3.63) is 71.2 Å². The number of halogens is 3. The number of carbonyl (C=O) groups excluding carboxylic acids is 1. The van der Waals surface area contributed by atoms with Crippen molar-refractivity contribution in [1.82, 2.24) is 9.97 Å². The van der Waals surface area contributed by atoms with Gasteiger partial charge in [0.25, 0.3) is 5.91 Å². The lowest BCUT2D eigenvalue weighted by atomic mass is 10.0. The van der Waals surface area contributed by atoms with Crippen molar-refractivity contribution in [1.29, 1.82) is 5.26 Å². The zero-order valence-corrected chi connectivity index (χ0v) is 19.0. The number of rotatable bonds is 4. The van der Waals surface area contributed by atoms with E-state index in [-0.39, 0.29) is 5.56 Å². The Kier molecular flexibility index (Phi) is 6.75. The summed E-state index contributed by atoms with van der Waals surface area (Å²) in [5.41, 5.74) is 1.73. The van der Waals surface area contributed by atoms with Crippen LogP contribution in [0.3, 0.4) is 0 Å². The maximum absolute atomic E-state index is 13.0. The molecular weight excluding hydrogens is 463 g/mol. The fourth-order valence-electron chi connectivity index (χ4n) is 3.65. The quantitative estimate of drug-likeness (QED) is 0.553. The number of pyridine rings is 2. The Bertz CT molecular complexity index is 1270. The van der Waals surface area contributed by atoms with Gasteiger partial charge >= 0.3 is 6.18 Å². The molecule has 0 bridgehead atoms. The van der Waals surface area contributed by atoms with Gasteiger partial charge in [-0.2, -0.15) is 30.2 Å². The molecule has 0 atom stereocenters. The third-order valence-electron chi connectivity index (χ3n) is 5.41. The van der Waals surface area contributed by atoms with Crippen LogP contribution in [0.2, 0.25) is 0 Å². The highest BCUT2D eigenvalue weighted by molar-refractivity contribution is 7.99. The number of aryl methyl sites for hydroxylation is 1. The molecule has 1 fully saturated rings. The van der Waals surface area contributed by atoms with Gasteiger partial charge in [-0.3, -0.25) is 9.78 Å². The summed E-state index contributed by atoms with van der Waals surface area (Å²) in [6, 6.07) is 9.85. The van der Waals surface area contributed by atoms with E-state index in [9.17, 15) is 23.2 Å². The minimum absolute atomic E-state index is 0.116. The predicted molar refractivity (Wildman–Crippen MR) is 126 cm³/mol. The van der Waals surface area contributed by atoms with Crippen LogP contribution in [-0.2, 0) is 6.18 Å². The maximum Gasteiger partial charge on any atom is 0.416 e. The number of thioether (sulfide) groups is 1. The van der Waals surface area contributed by atoms with Crippen LogP contribution in [0.4, 0.5) is 24.7 Å². The third kappa shape index (κ3) is 5.15. The molecule has 1 aromatic carbocycles.